The molecule has 0 saturated carbocycles. The smallest absolute Gasteiger partial charge is 0.236 e. The molecular weight excluding hydrogens is 210 g/mol. The van der Waals surface area contributed by atoms with Crippen LogP contribution in [0.4, 0.5) is 0 Å². The van der Waals surface area contributed by atoms with E-state index in [2.05, 4.69) is 0 Å². The summed E-state index contributed by atoms with van der Waals surface area (Å²) in [5.41, 5.74) is -1.50. The first-order chi connectivity index (χ1) is 7.57. The van der Waals surface area contributed by atoms with E-state index in [-0.39, 0.29) is 17.3 Å². The molecule has 0 aromatic carbocycles. The minimum Gasteiger partial charge on any atom is -0.380 e. The maximum absolute atomic E-state index is 11.4. The highest BCUT2D eigenvalue weighted by Gasteiger charge is 2.65. The SMILES string of the molecule is C[C@@]1([N+](=O)[O-])[C@@H](CC=O)C=CCC12COC2. The van der Waals surface area contributed by atoms with E-state index >= 15 is 0 Å². The number of nitro groups is 1. The fourth-order valence-corrected chi connectivity index (χ4v) is 2.74. The molecule has 0 bridgehead atoms. The second-order valence-corrected chi connectivity index (χ2v) is 4.82. The Balaban J connectivity index is 2.39. The van der Waals surface area contributed by atoms with Crippen LogP contribution in [0.25, 0.3) is 0 Å². The molecule has 0 amide bonds. The average Bonchev–Trinajstić information content (AvgIpc) is 2.18. The zero-order valence-corrected chi connectivity index (χ0v) is 9.22. The molecule has 88 valence electrons. The second-order valence-electron chi connectivity index (χ2n) is 4.82. The predicted molar refractivity (Wildman–Crippen MR) is 56.6 cm³/mol. The molecule has 1 aliphatic heterocycles. The molecule has 0 aromatic heterocycles. The molecule has 0 N–H and O–H groups in total. The summed E-state index contributed by atoms with van der Waals surface area (Å²) in [7, 11) is 0. The molecule has 1 saturated heterocycles. The van der Waals surface area contributed by atoms with Crippen LogP contribution in [0.5, 0.6) is 0 Å². The summed E-state index contributed by atoms with van der Waals surface area (Å²) in [6.07, 6.45) is 5.38. The fourth-order valence-electron chi connectivity index (χ4n) is 2.74. The van der Waals surface area contributed by atoms with Gasteiger partial charge in [-0.2, -0.15) is 0 Å². The molecule has 1 aliphatic carbocycles. The summed E-state index contributed by atoms with van der Waals surface area (Å²) >= 11 is 0. The van der Waals surface area contributed by atoms with Crippen LogP contribution in [0.15, 0.2) is 12.2 Å². The van der Waals surface area contributed by atoms with E-state index in [1.165, 1.54) is 0 Å². The number of aldehydes is 1. The Morgan fingerprint density at radius 2 is 2.31 bits per heavy atom. The van der Waals surface area contributed by atoms with Gasteiger partial charge < -0.3 is 9.53 Å². The van der Waals surface area contributed by atoms with Gasteiger partial charge in [-0.25, -0.2) is 0 Å². The van der Waals surface area contributed by atoms with Gasteiger partial charge in [0.2, 0.25) is 5.54 Å². The van der Waals surface area contributed by atoms with Crippen LogP contribution in [0.3, 0.4) is 0 Å². The number of hydrogen-bond donors (Lipinski definition) is 0. The molecule has 1 fully saturated rings. The number of ether oxygens (including phenoxy) is 1. The zero-order chi connectivity index (χ0) is 11.8. The Labute approximate surface area is 93.6 Å². The molecule has 2 atom stereocenters. The topological polar surface area (TPSA) is 69.4 Å². The van der Waals surface area contributed by atoms with E-state index in [0.29, 0.717) is 19.6 Å². The molecular formula is C11H15NO4. The number of hydrogen-bond acceptors (Lipinski definition) is 4. The molecule has 0 aromatic rings. The molecule has 1 heterocycles. The summed E-state index contributed by atoms with van der Waals surface area (Å²) in [6, 6.07) is 0. The first kappa shape index (κ1) is 11.3. The van der Waals surface area contributed by atoms with Crippen molar-refractivity contribution >= 4 is 6.29 Å². The molecule has 2 rings (SSSR count). The van der Waals surface area contributed by atoms with Gasteiger partial charge in [0.25, 0.3) is 0 Å². The average molecular weight is 225 g/mol. The maximum Gasteiger partial charge on any atom is 0.236 e. The summed E-state index contributed by atoms with van der Waals surface area (Å²) < 4.78 is 5.16. The minimum atomic E-state index is -1.08. The summed E-state index contributed by atoms with van der Waals surface area (Å²) in [4.78, 5) is 21.8. The van der Waals surface area contributed by atoms with Gasteiger partial charge >= 0.3 is 0 Å². The number of allylic oxidation sites excluding steroid dienone is 1. The standard InChI is InChI=1S/C11H15NO4/c1-10(12(14)15)9(4-6-13)3-2-5-11(10)7-16-8-11/h2-3,6,9H,4-5,7-8H2,1H3/t9-,10-/m1/s1. The quantitative estimate of drug-likeness (QED) is 0.313. The molecule has 0 radical (unpaired) electrons. The first-order valence-corrected chi connectivity index (χ1v) is 5.39. The van der Waals surface area contributed by atoms with Gasteiger partial charge in [-0.3, -0.25) is 10.1 Å². The number of carbonyl (C=O) groups is 1. The minimum absolute atomic E-state index is 0.204. The Hall–Kier alpha value is -1.23. The Morgan fingerprint density at radius 3 is 2.75 bits per heavy atom. The normalized spacial score (nSPS) is 35.7. The third kappa shape index (κ3) is 1.24. The second kappa shape index (κ2) is 3.66. The zero-order valence-electron chi connectivity index (χ0n) is 9.22. The van der Waals surface area contributed by atoms with Crippen molar-refractivity contribution in [3.05, 3.63) is 22.3 Å². The largest absolute Gasteiger partial charge is 0.380 e. The number of rotatable bonds is 3. The Bertz CT molecular complexity index is 348. The van der Waals surface area contributed by atoms with Crippen molar-refractivity contribution < 1.29 is 14.5 Å². The number of carbonyl (C=O) groups excluding carboxylic acids is 1. The third-order valence-corrected chi connectivity index (χ3v) is 4.16. The molecule has 2 aliphatic rings. The van der Waals surface area contributed by atoms with E-state index < -0.39 is 11.0 Å². The predicted octanol–water partition coefficient (Wildman–Crippen LogP) is 1.20. The van der Waals surface area contributed by atoms with Crippen LogP contribution in [0.1, 0.15) is 19.8 Å². The molecule has 16 heavy (non-hydrogen) atoms. The van der Waals surface area contributed by atoms with Crippen LogP contribution < -0.4 is 0 Å². The van der Waals surface area contributed by atoms with Gasteiger partial charge in [-0.05, 0) is 6.42 Å². The lowest BCUT2D eigenvalue weighted by Crippen LogP contribution is -2.66. The highest BCUT2D eigenvalue weighted by molar-refractivity contribution is 5.51. The van der Waals surface area contributed by atoms with Crippen molar-refractivity contribution in [2.45, 2.75) is 25.3 Å². The van der Waals surface area contributed by atoms with Gasteiger partial charge in [0.05, 0.1) is 24.5 Å². The Kier molecular flexibility index (Phi) is 2.58. The maximum atomic E-state index is 11.4. The first-order valence-electron chi connectivity index (χ1n) is 5.39. The summed E-state index contributed by atoms with van der Waals surface area (Å²) in [5.74, 6) is -0.322. The molecule has 5 nitrogen and oxygen atoms in total. The van der Waals surface area contributed by atoms with Crippen LogP contribution in [-0.2, 0) is 9.53 Å². The van der Waals surface area contributed by atoms with Crippen molar-refractivity contribution in [3.8, 4) is 0 Å². The van der Waals surface area contributed by atoms with Gasteiger partial charge in [0, 0.05) is 18.3 Å². The van der Waals surface area contributed by atoms with Gasteiger partial charge in [0.1, 0.15) is 6.29 Å². The van der Waals surface area contributed by atoms with Gasteiger partial charge in [-0.1, -0.05) is 12.2 Å². The van der Waals surface area contributed by atoms with E-state index in [0.717, 1.165) is 6.29 Å². The van der Waals surface area contributed by atoms with Gasteiger partial charge in [-0.15, -0.1) is 0 Å². The van der Waals surface area contributed by atoms with E-state index in [4.69, 9.17) is 4.74 Å². The van der Waals surface area contributed by atoms with E-state index in [1.54, 1.807) is 13.0 Å². The van der Waals surface area contributed by atoms with Crippen LogP contribution >= 0.6 is 0 Å². The third-order valence-electron chi connectivity index (χ3n) is 4.16. The van der Waals surface area contributed by atoms with E-state index in [1.807, 2.05) is 6.08 Å². The van der Waals surface area contributed by atoms with Crippen molar-refractivity contribution in [2.24, 2.45) is 11.3 Å². The lowest BCUT2D eigenvalue weighted by atomic mass is 9.58. The van der Waals surface area contributed by atoms with Crippen molar-refractivity contribution in [1.29, 1.82) is 0 Å². The lowest BCUT2D eigenvalue weighted by Gasteiger charge is -2.51. The summed E-state index contributed by atoms with van der Waals surface area (Å²) in [5, 5.41) is 11.4. The van der Waals surface area contributed by atoms with Crippen LogP contribution in [-0.4, -0.2) is 30.0 Å². The molecule has 5 heteroatoms. The highest BCUT2D eigenvalue weighted by atomic mass is 16.6. The number of nitrogens with zero attached hydrogens (tertiary/aromatic N) is 1. The van der Waals surface area contributed by atoms with Crippen molar-refractivity contribution in [3.63, 3.8) is 0 Å². The highest BCUT2D eigenvalue weighted by Crippen LogP contribution is 2.51. The fraction of sp³-hybridized carbons (Fsp3) is 0.727. The molecule has 1 spiro atoms. The lowest BCUT2D eigenvalue weighted by molar-refractivity contribution is -0.607. The van der Waals surface area contributed by atoms with Crippen LogP contribution in [0.2, 0.25) is 0 Å². The Morgan fingerprint density at radius 1 is 1.62 bits per heavy atom. The van der Waals surface area contributed by atoms with Crippen molar-refractivity contribution in [2.75, 3.05) is 13.2 Å². The van der Waals surface area contributed by atoms with Gasteiger partial charge in [0.15, 0.2) is 0 Å². The van der Waals surface area contributed by atoms with E-state index in [9.17, 15) is 14.9 Å². The van der Waals surface area contributed by atoms with Crippen LogP contribution in [0, 0.1) is 21.4 Å². The molecule has 0 unspecified atom stereocenters. The van der Waals surface area contributed by atoms with Crippen molar-refractivity contribution in [1.82, 2.24) is 0 Å². The summed E-state index contributed by atoms with van der Waals surface area (Å²) in [6.45, 7) is 2.49. The monoisotopic (exact) mass is 225 g/mol.